The first kappa shape index (κ1) is 14.3. The van der Waals surface area contributed by atoms with Crippen LogP contribution in [0.2, 0.25) is 5.02 Å². The first-order valence-electron chi connectivity index (χ1n) is 6.35. The molecule has 1 heterocycles. The number of fused-ring (bicyclic) bond motifs is 1. The van der Waals surface area contributed by atoms with Gasteiger partial charge in [-0.25, -0.2) is 4.39 Å². The summed E-state index contributed by atoms with van der Waals surface area (Å²) in [4.78, 5) is 4.38. The van der Waals surface area contributed by atoms with Crippen molar-refractivity contribution in [3.05, 3.63) is 69.5 Å². The van der Waals surface area contributed by atoms with Crippen molar-refractivity contribution in [2.24, 2.45) is 0 Å². The van der Waals surface area contributed by atoms with Crippen LogP contribution in [0, 0.1) is 5.82 Å². The van der Waals surface area contributed by atoms with Crippen molar-refractivity contribution in [3.8, 4) is 0 Å². The predicted molar refractivity (Wildman–Crippen MR) is 88.2 cm³/mol. The largest absolute Gasteiger partial charge is 0.379 e. The Bertz CT molecular complexity index is 807. The van der Waals surface area contributed by atoms with E-state index in [9.17, 15) is 4.39 Å². The lowest BCUT2D eigenvalue weighted by atomic mass is 10.1. The van der Waals surface area contributed by atoms with E-state index in [2.05, 4.69) is 26.2 Å². The van der Waals surface area contributed by atoms with Crippen molar-refractivity contribution in [1.29, 1.82) is 0 Å². The Labute approximate surface area is 135 Å². The molecule has 0 spiro atoms. The topological polar surface area (TPSA) is 24.9 Å². The Kier molecular flexibility index (Phi) is 4.08. The third-order valence-corrected chi connectivity index (χ3v) is 4.11. The molecular formula is C16H11BrClFN2. The SMILES string of the molecule is Fc1ccc(CNc2cc(Cl)cc3cccnc23)c(Br)c1. The highest BCUT2D eigenvalue weighted by atomic mass is 79.9. The van der Waals surface area contributed by atoms with Gasteiger partial charge in [0.1, 0.15) is 5.82 Å². The second kappa shape index (κ2) is 6.00. The van der Waals surface area contributed by atoms with Crippen LogP contribution in [0.15, 0.2) is 53.1 Å². The van der Waals surface area contributed by atoms with Gasteiger partial charge in [0, 0.05) is 27.6 Å². The molecule has 5 heteroatoms. The molecule has 21 heavy (non-hydrogen) atoms. The van der Waals surface area contributed by atoms with Gasteiger partial charge in [-0.3, -0.25) is 4.98 Å². The molecular weight excluding hydrogens is 355 g/mol. The van der Waals surface area contributed by atoms with Gasteiger partial charge in [0.2, 0.25) is 0 Å². The normalized spacial score (nSPS) is 10.8. The van der Waals surface area contributed by atoms with Crippen molar-refractivity contribution in [2.75, 3.05) is 5.32 Å². The van der Waals surface area contributed by atoms with E-state index in [1.807, 2.05) is 24.3 Å². The van der Waals surface area contributed by atoms with Crippen molar-refractivity contribution < 1.29 is 4.39 Å². The fourth-order valence-corrected chi connectivity index (χ4v) is 2.86. The number of nitrogens with zero attached hydrogens (tertiary/aromatic N) is 1. The van der Waals surface area contributed by atoms with E-state index in [1.54, 1.807) is 12.3 Å². The highest BCUT2D eigenvalue weighted by molar-refractivity contribution is 9.10. The molecule has 1 aromatic heterocycles. The molecule has 0 aliphatic rings. The number of rotatable bonds is 3. The van der Waals surface area contributed by atoms with Crippen LogP contribution >= 0.6 is 27.5 Å². The minimum absolute atomic E-state index is 0.263. The Balaban J connectivity index is 1.91. The van der Waals surface area contributed by atoms with E-state index < -0.39 is 0 Å². The first-order valence-corrected chi connectivity index (χ1v) is 7.52. The summed E-state index contributed by atoms with van der Waals surface area (Å²) >= 11 is 9.49. The second-order valence-electron chi connectivity index (χ2n) is 4.62. The van der Waals surface area contributed by atoms with Gasteiger partial charge in [-0.15, -0.1) is 0 Å². The average molecular weight is 366 g/mol. The van der Waals surface area contributed by atoms with Gasteiger partial charge in [0.25, 0.3) is 0 Å². The van der Waals surface area contributed by atoms with Gasteiger partial charge in [-0.2, -0.15) is 0 Å². The minimum Gasteiger partial charge on any atom is -0.379 e. The lowest BCUT2D eigenvalue weighted by molar-refractivity contribution is 0.626. The molecule has 0 aliphatic carbocycles. The van der Waals surface area contributed by atoms with Crippen LogP contribution in [-0.2, 0) is 6.54 Å². The molecule has 0 fully saturated rings. The van der Waals surface area contributed by atoms with Crippen LogP contribution in [0.1, 0.15) is 5.56 Å². The quantitative estimate of drug-likeness (QED) is 0.672. The fourth-order valence-electron chi connectivity index (χ4n) is 2.15. The Morgan fingerprint density at radius 2 is 2.05 bits per heavy atom. The van der Waals surface area contributed by atoms with Crippen molar-refractivity contribution in [3.63, 3.8) is 0 Å². The zero-order valence-electron chi connectivity index (χ0n) is 10.9. The molecule has 3 aromatic rings. The summed E-state index contributed by atoms with van der Waals surface area (Å²) in [7, 11) is 0. The molecule has 2 aromatic carbocycles. The highest BCUT2D eigenvalue weighted by Crippen LogP contribution is 2.27. The van der Waals surface area contributed by atoms with E-state index in [1.165, 1.54) is 12.1 Å². The maximum absolute atomic E-state index is 13.1. The summed E-state index contributed by atoms with van der Waals surface area (Å²) in [5.41, 5.74) is 2.68. The lowest BCUT2D eigenvalue weighted by Gasteiger charge is -2.11. The Morgan fingerprint density at radius 3 is 2.86 bits per heavy atom. The zero-order valence-corrected chi connectivity index (χ0v) is 13.2. The van der Waals surface area contributed by atoms with E-state index in [4.69, 9.17) is 11.6 Å². The maximum Gasteiger partial charge on any atom is 0.124 e. The van der Waals surface area contributed by atoms with Crippen molar-refractivity contribution in [1.82, 2.24) is 4.98 Å². The molecule has 106 valence electrons. The second-order valence-corrected chi connectivity index (χ2v) is 5.91. The number of benzene rings is 2. The summed E-state index contributed by atoms with van der Waals surface area (Å²) < 4.78 is 13.8. The standard InChI is InChI=1S/C16H11BrClFN2/c17-14-8-13(19)4-3-11(14)9-21-15-7-12(18)6-10-2-1-5-20-16(10)15/h1-8,21H,9H2. The van der Waals surface area contributed by atoms with Crippen molar-refractivity contribution in [2.45, 2.75) is 6.54 Å². The number of pyridine rings is 1. The number of aromatic nitrogens is 1. The summed E-state index contributed by atoms with van der Waals surface area (Å²) in [6, 6.07) is 12.2. The van der Waals surface area contributed by atoms with Crippen molar-refractivity contribution >= 4 is 44.1 Å². The first-order chi connectivity index (χ1) is 10.1. The van der Waals surface area contributed by atoms with Crippen LogP contribution in [0.5, 0.6) is 0 Å². The fraction of sp³-hybridized carbons (Fsp3) is 0.0625. The Morgan fingerprint density at radius 1 is 1.19 bits per heavy atom. The van der Waals surface area contributed by atoms with E-state index in [0.29, 0.717) is 11.6 Å². The number of nitrogens with one attached hydrogen (secondary N) is 1. The van der Waals surface area contributed by atoms with Crippen LogP contribution in [0.4, 0.5) is 10.1 Å². The molecule has 0 atom stereocenters. The van der Waals surface area contributed by atoms with Gasteiger partial charge in [0.05, 0.1) is 11.2 Å². The summed E-state index contributed by atoms with van der Waals surface area (Å²) in [5.74, 6) is -0.263. The smallest absolute Gasteiger partial charge is 0.124 e. The molecule has 1 N–H and O–H groups in total. The summed E-state index contributed by atoms with van der Waals surface area (Å²) in [6.45, 7) is 0.548. The van der Waals surface area contributed by atoms with Gasteiger partial charge in [0.15, 0.2) is 0 Å². The van der Waals surface area contributed by atoms with Gasteiger partial charge in [-0.05, 0) is 35.9 Å². The van der Waals surface area contributed by atoms with Gasteiger partial charge >= 0.3 is 0 Å². The molecule has 0 saturated carbocycles. The van der Waals surface area contributed by atoms with E-state index in [-0.39, 0.29) is 5.82 Å². The number of hydrogen-bond acceptors (Lipinski definition) is 2. The molecule has 0 saturated heterocycles. The third kappa shape index (κ3) is 3.17. The number of halogens is 3. The minimum atomic E-state index is -0.263. The number of anilines is 1. The maximum atomic E-state index is 13.1. The molecule has 0 unspecified atom stereocenters. The lowest BCUT2D eigenvalue weighted by Crippen LogP contribution is -2.01. The molecule has 0 bridgehead atoms. The van der Waals surface area contributed by atoms with E-state index in [0.717, 1.165) is 26.6 Å². The number of hydrogen-bond donors (Lipinski definition) is 1. The highest BCUT2D eigenvalue weighted by Gasteiger charge is 2.06. The summed E-state index contributed by atoms with van der Waals surface area (Å²) in [6.07, 6.45) is 1.75. The van der Waals surface area contributed by atoms with Gasteiger partial charge in [-0.1, -0.05) is 39.7 Å². The monoisotopic (exact) mass is 364 g/mol. The van der Waals surface area contributed by atoms with Crippen LogP contribution < -0.4 is 5.32 Å². The van der Waals surface area contributed by atoms with Crippen LogP contribution in [0.25, 0.3) is 10.9 Å². The predicted octanol–water partition coefficient (Wildman–Crippen LogP) is 5.40. The average Bonchev–Trinajstić information content (AvgIpc) is 2.46. The Hall–Kier alpha value is -1.65. The van der Waals surface area contributed by atoms with Crippen LogP contribution in [-0.4, -0.2) is 4.98 Å². The van der Waals surface area contributed by atoms with Crippen LogP contribution in [0.3, 0.4) is 0 Å². The molecule has 3 rings (SSSR count). The molecule has 2 nitrogen and oxygen atoms in total. The molecule has 0 amide bonds. The summed E-state index contributed by atoms with van der Waals surface area (Å²) in [5, 5.41) is 4.93. The third-order valence-electron chi connectivity index (χ3n) is 3.15. The zero-order chi connectivity index (χ0) is 14.8. The van der Waals surface area contributed by atoms with Gasteiger partial charge < -0.3 is 5.32 Å². The van der Waals surface area contributed by atoms with E-state index >= 15 is 0 Å². The molecule has 0 aliphatic heterocycles. The molecule has 0 radical (unpaired) electrons.